The Balaban J connectivity index is 0.000000120. The molecular weight excluding hydrogens is 192 g/mol. The van der Waals surface area contributed by atoms with Crippen LogP contribution in [0.3, 0.4) is 0 Å². The summed E-state index contributed by atoms with van der Waals surface area (Å²) in [6.07, 6.45) is 2.88. The van der Waals surface area contributed by atoms with Crippen LogP contribution in [0.4, 0.5) is 0 Å². The topological polar surface area (TPSA) is 18.5 Å². The van der Waals surface area contributed by atoms with E-state index in [1.54, 1.807) is 0 Å². The van der Waals surface area contributed by atoms with Crippen molar-refractivity contribution < 1.29 is 9.47 Å². The molecule has 2 heterocycles. The smallest absolute Gasteiger partial charge is 0.0701 e. The fourth-order valence-corrected chi connectivity index (χ4v) is 3.17. The fourth-order valence-electron chi connectivity index (χ4n) is 0.880. The molecule has 0 N–H and O–H groups in total. The number of ether oxygens (including phenoxy) is 2. The highest BCUT2D eigenvalue weighted by Crippen LogP contribution is 2.28. The maximum absolute atomic E-state index is 4.94. The first kappa shape index (κ1) is 10.7. The van der Waals surface area contributed by atoms with Gasteiger partial charge in [0.2, 0.25) is 0 Å². The molecule has 0 bridgehead atoms. The second kappa shape index (κ2) is 8.23. The van der Waals surface area contributed by atoms with Crippen molar-refractivity contribution in [1.29, 1.82) is 0 Å². The van der Waals surface area contributed by atoms with Crippen molar-refractivity contribution in [1.82, 2.24) is 0 Å². The molecule has 0 aromatic heterocycles. The lowest BCUT2D eigenvalue weighted by Gasteiger charge is -2.09. The molecule has 0 aromatic carbocycles. The van der Waals surface area contributed by atoms with Crippen molar-refractivity contribution in [3.05, 3.63) is 0 Å². The minimum Gasteiger partial charge on any atom is -0.377 e. The third kappa shape index (κ3) is 6.17. The average Bonchev–Trinajstić information content (AvgIpc) is 2.24. The van der Waals surface area contributed by atoms with E-state index in [0.717, 1.165) is 26.4 Å². The summed E-state index contributed by atoms with van der Waals surface area (Å²) in [5.74, 6) is 2.76. The van der Waals surface area contributed by atoms with E-state index in [0.29, 0.717) is 0 Å². The molecule has 2 aliphatic heterocycles. The van der Waals surface area contributed by atoms with Gasteiger partial charge >= 0.3 is 0 Å². The highest BCUT2D eigenvalue weighted by Gasteiger charge is 1.96. The largest absolute Gasteiger partial charge is 0.377 e. The van der Waals surface area contributed by atoms with Gasteiger partial charge in [0.15, 0.2) is 0 Å². The maximum Gasteiger partial charge on any atom is 0.0701 e. The molecule has 2 saturated heterocycles. The van der Waals surface area contributed by atoms with Crippen LogP contribution in [-0.4, -0.2) is 37.9 Å². The zero-order chi connectivity index (χ0) is 8.49. The van der Waals surface area contributed by atoms with Gasteiger partial charge in [-0.05, 0) is 12.8 Å². The first-order valence-corrected chi connectivity index (χ1v) is 6.89. The highest BCUT2D eigenvalue weighted by atomic mass is 33.1. The molecule has 0 aliphatic carbocycles. The van der Waals surface area contributed by atoms with Crippen molar-refractivity contribution in [3.63, 3.8) is 0 Å². The summed E-state index contributed by atoms with van der Waals surface area (Å²) in [4.78, 5) is 0. The van der Waals surface area contributed by atoms with Crippen LogP contribution in [0.5, 0.6) is 0 Å². The summed E-state index contributed by atoms with van der Waals surface area (Å²) < 4.78 is 9.89. The van der Waals surface area contributed by atoms with E-state index < -0.39 is 0 Å². The van der Waals surface area contributed by atoms with E-state index >= 15 is 0 Å². The number of hydrogen-bond acceptors (Lipinski definition) is 4. The lowest BCUT2D eigenvalue weighted by molar-refractivity contribution is -0.0334. The van der Waals surface area contributed by atoms with Gasteiger partial charge in [0.1, 0.15) is 0 Å². The third-order valence-corrected chi connectivity index (χ3v) is 4.11. The van der Waals surface area contributed by atoms with Crippen molar-refractivity contribution in [2.45, 2.75) is 12.8 Å². The Kier molecular flexibility index (Phi) is 7.34. The Hall–Kier alpha value is 0.620. The molecule has 2 aliphatic rings. The van der Waals surface area contributed by atoms with Gasteiger partial charge in [-0.2, -0.15) is 0 Å². The lowest BCUT2D eigenvalue weighted by Crippen LogP contribution is -2.16. The predicted octanol–water partition coefficient (Wildman–Crippen LogP) is 2.19. The summed E-state index contributed by atoms with van der Waals surface area (Å²) >= 11 is 0. The van der Waals surface area contributed by atoms with E-state index in [2.05, 4.69) is 0 Å². The minimum absolute atomic E-state index is 0.778. The minimum atomic E-state index is 0.778. The van der Waals surface area contributed by atoms with Gasteiger partial charge in [0.05, 0.1) is 26.4 Å². The zero-order valence-electron chi connectivity index (χ0n) is 7.29. The summed E-state index contributed by atoms with van der Waals surface area (Å²) in [7, 11) is 4.02. The molecule has 0 aromatic rings. The van der Waals surface area contributed by atoms with Crippen LogP contribution in [0.15, 0.2) is 0 Å². The quantitative estimate of drug-likeness (QED) is 0.568. The highest BCUT2D eigenvalue weighted by molar-refractivity contribution is 8.76. The van der Waals surface area contributed by atoms with Crippen LogP contribution in [0.2, 0.25) is 0 Å². The predicted molar refractivity (Wildman–Crippen MR) is 55.8 cm³/mol. The van der Waals surface area contributed by atoms with Crippen LogP contribution in [0.25, 0.3) is 0 Å². The van der Waals surface area contributed by atoms with Crippen LogP contribution in [0.1, 0.15) is 12.8 Å². The van der Waals surface area contributed by atoms with E-state index in [-0.39, 0.29) is 0 Å². The van der Waals surface area contributed by atoms with Crippen molar-refractivity contribution in [3.8, 4) is 0 Å². The Morgan fingerprint density at radius 1 is 0.667 bits per heavy atom. The van der Waals surface area contributed by atoms with Gasteiger partial charge in [0, 0.05) is 11.5 Å². The Morgan fingerprint density at radius 2 is 1.08 bits per heavy atom. The van der Waals surface area contributed by atoms with E-state index in [1.807, 2.05) is 21.6 Å². The summed E-state index contributed by atoms with van der Waals surface area (Å²) in [6.45, 7) is 3.11. The lowest BCUT2D eigenvalue weighted by atomic mass is 10.4. The first-order valence-electron chi connectivity index (χ1n) is 4.40. The standard InChI is InChI=1S/C4H8O2.C4H8S2/c1-2-6-4-3-5-1;1-2-4-6-5-3-1/h2*1-4H2. The van der Waals surface area contributed by atoms with Gasteiger partial charge in [-0.25, -0.2) is 0 Å². The third-order valence-electron chi connectivity index (χ3n) is 1.53. The second-order valence-electron chi connectivity index (χ2n) is 2.58. The fraction of sp³-hybridized carbons (Fsp3) is 1.00. The SMILES string of the molecule is C1CCSSC1.C1COCCO1. The molecule has 2 rings (SSSR count). The van der Waals surface area contributed by atoms with Gasteiger partial charge in [-0.15, -0.1) is 0 Å². The van der Waals surface area contributed by atoms with Crippen molar-refractivity contribution >= 4 is 21.6 Å². The van der Waals surface area contributed by atoms with E-state index in [1.165, 1.54) is 24.3 Å². The molecule has 0 saturated carbocycles. The molecule has 0 unspecified atom stereocenters. The van der Waals surface area contributed by atoms with E-state index in [9.17, 15) is 0 Å². The Bertz CT molecular complexity index is 58.0. The monoisotopic (exact) mass is 208 g/mol. The molecule has 0 radical (unpaired) electrons. The van der Waals surface area contributed by atoms with Crippen LogP contribution >= 0.6 is 21.6 Å². The first-order chi connectivity index (χ1) is 6.00. The van der Waals surface area contributed by atoms with Crippen LogP contribution in [-0.2, 0) is 9.47 Å². The second-order valence-corrected chi connectivity index (χ2v) is 5.28. The van der Waals surface area contributed by atoms with Crippen LogP contribution < -0.4 is 0 Å². The number of hydrogen-bond donors (Lipinski definition) is 0. The molecule has 0 amide bonds. The maximum atomic E-state index is 4.94. The zero-order valence-corrected chi connectivity index (χ0v) is 8.92. The Morgan fingerprint density at radius 3 is 1.25 bits per heavy atom. The van der Waals surface area contributed by atoms with Gasteiger partial charge in [0.25, 0.3) is 0 Å². The summed E-state index contributed by atoms with van der Waals surface area (Å²) in [5.41, 5.74) is 0. The molecule has 0 atom stereocenters. The molecular formula is C8H16O2S2. The van der Waals surface area contributed by atoms with Crippen molar-refractivity contribution in [2.24, 2.45) is 0 Å². The molecule has 4 heteroatoms. The molecule has 0 spiro atoms. The van der Waals surface area contributed by atoms with Crippen LogP contribution in [0, 0.1) is 0 Å². The summed E-state index contributed by atoms with van der Waals surface area (Å²) in [5, 5.41) is 0. The van der Waals surface area contributed by atoms with E-state index in [4.69, 9.17) is 9.47 Å². The average molecular weight is 208 g/mol. The molecule has 2 fully saturated rings. The van der Waals surface area contributed by atoms with Gasteiger partial charge in [-0.3, -0.25) is 0 Å². The molecule has 12 heavy (non-hydrogen) atoms. The van der Waals surface area contributed by atoms with Gasteiger partial charge in [-0.1, -0.05) is 21.6 Å². The normalized spacial score (nSPS) is 24.0. The molecule has 72 valence electrons. The van der Waals surface area contributed by atoms with Crippen molar-refractivity contribution in [2.75, 3.05) is 37.9 Å². The Labute approximate surface area is 82.2 Å². The van der Waals surface area contributed by atoms with Gasteiger partial charge < -0.3 is 9.47 Å². The molecule has 2 nitrogen and oxygen atoms in total. The number of rotatable bonds is 0. The summed E-state index contributed by atoms with van der Waals surface area (Å²) in [6, 6.07) is 0.